The largest absolute Gasteiger partial charge is 0.461 e. The lowest BCUT2D eigenvalue weighted by Gasteiger charge is -2.09. The predicted molar refractivity (Wildman–Crippen MR) is 95.3 cm³/mol. The molecule has 4 nitrogen and oxygen atoms in total. The molecule has 3 rings (SSSR count). The minimum atomic E-state index is -0.376. The molecule has 0 unspecified atom stereocenters. The van der Waals surface area contributed by atoms with E-state index in [1.807, 2.05) is 24.7 Å². The van der Waals surface area contributed by atoms with Gasteiger partial charge in [-0.25, -0.2) is 9.78 Å². The van der Waals surface area contributed by atoms with Gasteiger partial charge >= 0.3 is 5.97 Å². The number of carbonyl (C=O) groups is 1. The van der Waals surface area contributed by atoms with Crippen LogP contribution in [0.1, 0.15) is 34.1 Å². The number of ether oxygens (including phenoxy) is 1. The summed E-state index contributed by atoms with van der Waals surface area (Å²) in [5.41, 5.74) is 6.69. The number of nitrogens with zero attached hydrogens (tertiary/aromatic N) is 2. The number of hydrogen-bond donors (Lipinski definition) is 0. The molecule has 0 radical (unpaired) electrons. The van der Waals surface area contributed by atoms with Crippen LogP contribution in [0, 0.1) is 6.92 Å². The first kappa shape index (κ1) is 16.3. The van der Waals surface area contributed by atoms with Crippen molar-refractivity contribution in [3.8, 4) is 10.4 Å². The molecule has 0 aliphatic heterocycles. The minimum Gasteiger partial charge on any atom is -0.461 e. The maximum atomic E-state index is 11.8. The molecule has 5 heteroatoms. The van der Waals surface area contributed by atoms with Crippen LogP contribution in [0.2, 0.25) is 0 Å². The van der Waals surface area contributed by atoms with Crippen LogP contribution in [0.5, 0.6) is 0 Å². The van der Waals surface area contributed by atoms with Crippen LogP contribution < -0.4 is 0 Å². The number of benzene rings is 1. The van der Waals surface area contributed by atoms with Crippen molar-refractivity contribution in [3.63, 3.8) is 0 Å². The summed E-state index contributed by atoms with van der Waals surface area (Å²) in [7, 11) is 0. The fourth-order valence-electron chi connectivity index (χ4n) is 2.44. The average molecular weight is 338 g/mol. The van der Waals surface area contributed by atoms with E-state index in [0.29, 0.717) is 12.3 Å². The van der Waals surface area contributed by atoms with Gasteiger partial charge in [-0.15, -0.1) is 11.3 Å². The first-order valence-electron chi connectivity index (χ1n) is 7.78. The lowest BCUT2D eigenvalue weighted by atomic mass is 10.00. The Labute approximate surface area is 145 Å². The normalized spacial score (nSPS) is 10.6. The second kappa shape index (κ2) is 7.36. The van der Waals surface area contributed by atoms with Gasteiger partial charge in [-0.3, -0.25) is 4.98 Å². The van der Waals surface area contributed by atoms with E-state index in [4.69, 9.17) is 4.74 Å². The third kappa shape index (κ3) is 3.68. The number of aromatic nitrogens is 2. The number of aryl methyl sites for hydroxylation is 1. The van der Waals surface area contributed by atoms with Gasteiger partial charge in [-0.05, 0) is 48.6 Å². The first-order chi connectivity index (χ1) is 11.7. The van der Waals surface area contributed by atoms with Gasteiger partial charge < -0.3 is 4.74 Å². The molecule has 1 aromatic carbocycles. The van der Waals surface area contributed by atoms with Crippen LogP contribution >= 0.6 is 11.3 Å². The number of rotatable bonds is 5. The highest BCUT2D eigenvalue weighted by Gasteiger charge is 2.11. The summed E-state index contributed by atoms with van der Waals surface area (Å²) in [5, 5.41) is 0. The van der Waals surface area contributed by atoms with E-state index in [1.54, 1.807) is 24.5 Å². The Bertz CT molecular complexity index is 827. The topological polar surface area (TPSA) is 52.1 Å². The van der Waals surface area contributed by atoms with Crippen molar-refractivity contribution in [3.05, 3.63) is 70.6 Å². The SMILES string of the molecule is CCOC(=O)c1cc(Cc2ccc(-c3cncs3)cc2)c(C)cn1. The Balaban J connectivity index is 1.80. The Hall–Kier alpha value is -2.53. The van der Waals surface area contributed by atoms with Crippen molar-refractivity contribution in [2.45, 2.75) is 20.3 Å². The smallest absolute Gasteiger partial charge is 0.356 e. The van der Waals surface area contributed by atoms with Crippen LogP contribution in [0.3, 0.4) is 0 Å². The van der Waals surface area contributed by atoms with Gasteiger partial charge in [0.05, 0.1) is 17.0 Å². The molecule has 0 saturated carbocycles. The van der Waals surface area contributed by atoms with Gasteiger partial charge in [0.25, 0.3) is 0 Å². The quantitative estimate of drug-likeness (QED) is 0.652. The molecule has 0 bridgehead atoms. The van der Waals surface area contributed by atoms with Gasteiger partial charge in [0, 0.05) is 12.4 Å². The van der Waals surface area contributed by atoms with Crippen molar-refractivity contribution in [2.75, 3.05) is 6.61 Å². The zero-order valence-electron chi connectivity index (χ0n) is 13.7. The standard InChI is InChI=1S/C19H18N2O2S/c1-3-23-19(22)17-9-16(13(2)10-21-17)8-14-4-6-15(7-5-14)18-11-20-12-24-18/h4-7,9-12H,3,8H2,1-2H3. The lowest BCUT2D eigenvalue weighted by Crippen LogP contribution is -2.08. The molecule has 0 fully saturated rings. The Kier molecular flexibility index (Phi) is 5.01. The average Bonchev–Trinajstić information content (AvgIpc) is 3.12. The molecule has 0 amide bonds. The molecule has 0 aliphatic carbocycles. The lowest BCUT2D eigenvalue weighted by molar-refractivity contribution is 0.0519. The summed E-state index contributed by atoms with van der Waals surface area (Å²) < 4.78 is 5.02. The number of hydrogen-bond acceptors (Lipinski definition) is 5. The number of esters is 1. The van der Waals surface area contributed by atoms with Crippen molar-refractivity contribution in [2.24, 2.45) is 0 Å². The summed E-state index contributed by atoms with van der Waals surface area (Å²) in [4.78, 5) is 21.3. The molecule has 122 valence electrons. The van der Waals surface area contributed by atoms with E-state index in [1.165, 1.54) is 11.1 Å². The van der Waals surface area contributed by atoms with Gasteiger partial charge in [0.15, 0.2) is 0 Å². The summed E-state index contributed by atoms with van der Waals surface area (Å²) in [6.45, 7) is 4.14. The number of thiazole rings is 1. The molecule has 0 saturated heterocycles. The highest BCUT2D eigenvalue weighted by molar-refractivity contribution is 7.13. The predicted octanol–water partition coefficient (Wildman–Crippen LogP) is 4.28. The van der Waals surface area contributed by atoms with E-state index in [-0.39, 0.29) is 5.97 Å². The molecule has 3 aromatic rings. The van der Waals surface area contributed by atoms with Gasteiger partial charge in [-0.2, -0.15) is 0 Å². The van der Waals surface area contributed by atoms with Crippen LogP contribution in [-0.4, -0.2) is 22.5 Å². The van der Waals surface area contributed by atoms with Crippen LogP contribution in [-0.2, 0) is 11.2 Å². The molecular formula is C19H18N2O2S. The van der Waals surface area contributed by atoms with Gasteiger partial charge in [-0.1, -0.05) is 24.3 Å². The van der Waals surface area contributed by atoms with Crippen LogP contribution in [0.25, 0.3) is 10.4 Å². The third-order valence-electron chi connectivity index (χ3n) is 3.76. The summed E-state index contributed by atoms with van der Waals surface area (Å²) in [6, 6.07) is 10.2. The molecule has 0 N–H and O–H groups in total. The molecule has 2 aromatic heterocycles. The second-order valence-electron chi connectivity index (χ2n) is 5.46. The minimum absolute atomic E-state index is 0.350. The van der Waals surface area contributed by atoms with E-state index in [9.17, 15) is 4.79 Å². The maximum Gasteiger partial charge on any atom is 0.356 e. The fraction of sp³-hybridized carbons (Fsp3) is 0.211. The first-order valence-corrected chi connectivity index (χ1v) is 8.65. The Morgan fingerprint density at radius 1 is 1.21 bits per heavy atom. The van der Waals surface area contributed by atoms with E-state index < -0.39 is 0 Å². The van der Waals surface area contributed by atoms with Crippen molar-refractivity contribution >= 4 is 17.3 Å². The van der Waals surface area contributed by atoms with Gasteiger partial charge in [0.1, 0.15) is 5.69 Å². The molecule has 0 atom stereocenters. The zero-order chi connectivity index (χ0) is 16.9. The zero-order valence-corrected chi connectivity index (χ0v) is 14.5. The molecule has 0 aliphatic rings. The van der Waals surface area contributed by atoms with E-state index in [2.05, 4.69) is 34.2 Å². The van der Waals surface area contributed by atoms with Gasteiger partial charge in [0.2, 0.25) is 0 Å². The maximum absolute atomic E-state index is 11.8. The van der Waals surface area contributed by atoms with Crippen LogP contribution in [0.4, 0.5) is 0 Å². The number of carbonyl (C=O) groups excluding carboxylic acids is 1. The van der Waals surface area contributed by atoms with E-state index >= 15 is 0 Å². The highest BCUT2D eigenvalue weighted by atomic mass is 32.1. The Morgan fingerprint density at radius 2 is 2.00 bits per heavy atom. The van der Waals surface area contributed by atoms with Crippen molar-refractivity contribution in [1.82, 2.24) is 9.97 Å². The highest BCUT2D eigenvalue weighted by Crippen LogP contribution is 2.24. The fourth-order valence-corrected chi connectivity index (χ4v) is 3.07. The molecule has 2 heterocycles. The molecule has 24 heavy (non-hydrogen) atoms. The van der Waals surface area contributed by atoms with E-state index in [0.717, 1.165) is 22.4 Å². The monoisotopic (exact) mass is 338 g/mol. The Morgan fingerprint density at radius 3 is 2.67 bits per heavy atom. The summed E-state index contributed by atoms with van der Waals surface area (Å²) >= 11 is 1.63. The van der Waals surface area contributed by atoms with Crippen molar-refractivity contribution < 1.29 is 9.53 Å². The van der Waals surface area contributed by atoms with Crippen LogP contribution in [0.15, 0.2) is 48.2 Å². The summed E-state index contributed by atoms with van der Waals surface area (Å²) in [6.07, 6.45) is 4.36. The third-order valence-corrected chi connectivity index (χ3v) is 4.59. The molecular weight excluding hydrogens is 320 g/mol. The van der Waals surface area contributed by atoms with Crippen molar-refractivity contribution in [1.29, 1.82) is 0 Å². The molecule has 0 spiro atoms. The number of pyridine rings is 1. The second-order valence-corrected chi connectivity index (χ2v) is 6.34. The summed E-state index contributed by atoms with van der Waals surface area (Å²) in [5.74, 6) is -0.376.